The summed E-state index contributed by atoms with van der Waals surface area (Å²) in [6.45, 7) is 3.56. The standard InChI is InChI=1S/C11H15NO3/c1-2-15-8-7-12-11(14)9-3-5-10(13)6-4-9/h3-6,13H,2,7-8H2,1H3,(H,12,14). The van der Waals surface area contributed by atoms with E-state index >= 15 is 0 Å². The number of nitrogens with one attached hydrogen (secondary N) is 1. The first kappa shape index (κ1) is 11.5. The van der Waals surface area contributed by atoms with Crippen molar-refractivity contribution < 1.29 is 14.6 Å². The number of carbonyl (C=O) groups is 1. The zero-order chi connectivity index (χ0) is 11.1. The maximum atomic E-state index is 11.5. The molecule has 0 aliphatic heterocycles. The predicted molar refractivity (Wildman–Crippen MR) is 56.9 cm³/mol. The summed E-state index contributed by atoms with van der Waals surface area (Å²) in [6.07, 6.45) is 0. The lowest BCUT2D eigenvalue weighted by Crippen LogP contribution is -2.27. The van der Waals surface area contributed by atoms with E-state index in [4.69, 9.17) is 9.84 Å². The van der Waals surface area contributed by atoms with Crippen LogP contribution in [0.3, 0.4) is 0 Å². The average Bonchev–Trinajstić information content (AvgIpc) is 2.25. The van der Waals surface area contributed by atoms with Gasteiger partial charge in [0.1, 0.15) is 5.75 Å². The molecule has 15 heavy (non-hydrogen) atoms. The summed E-state index contributed by atoms with van der Waals surface area (Å²) in [7, 11) is 0. The average molecular weight is 209 g/mol. The Bertz CT molecular complexity index is 308. The fraction of sp³-hybridized carbons (Fsp3) is 0.364. The van der Waals surface area contributed by atoms with Gasteiger partial charge in [-0.05, 0) is 31.2 Å². The maximum Gasteiger partial charge on any atom is 0.251 e. The summed E-state index contributed by atoms with van der Waals surface area (Å²) in [4.78, 5) is 11.5. The topological polar surface area (TPSA) is 58.6 Å². The molecule has 0 atom stereocenters. The number of phenolic OH excluding ortho intramolecular Hbond substituents is 1. The molecule has 82 valence electrons. The second-order valence-corrected chi connectivity index (χ2v) is 3.00. The van der Waals surface area contributed by atoms with Gasteiger partial charge in [-0.15, -0.1) is 0 Å². The lowest BCUT2D eigenvalue weighted by molar-refractivity contribution is 0.0922. The molecule has 2 N–H and O–H groups in total. The molecule has 4 nitrogen and oxygen atoms in total. The number of ether oxygens (including phenoxy) is 1. The van der Waals surface area contributed by atoms with E-state index in [-0.39, 0.29) is 11.7 Å². The van der Waals surface area contributed by atoms with Crippen LogP contribution in [0.1, 0.15) is 17.3 Å². The van der Waals surface area contributed by atoms with Crippen LogP contribution in [0.4, 0.5) is 0 Å². The largest absolute Gasteiger partial charge is 0.508 e. The number of hydrogen-bond donors (Lipinski definition) is 2. The van der Waals surface area contributed by atoms with Gasteiger partial charge in [0.25, 0.3) is 5.91 Å². The zero-order valence-electron chi connectivity index (χ0n) is 8.69. The highest BCUT2D eigenvalue weighted by Gasteiger charge is 2.03. The van der Waals surface area contributed by atoms with Crippen LogP contribution in [0.2, 0.25) is 0 Å². The number of phenols is 1. The van der Waals surface area contributed by atoms with Crippen molar-refractivity contribution in [1.29, 1.82) is 0 Å². The molecule has 0 aliphatic rings. The fourth-order valence-electron chi connectivity index (χ4n) is 1.10. The Balaban J connectivity index is 2.37. The van der Waals surface area contributed by atoms with Gasteiger partial charge >= 0.3 is 0 Å². The second kappa shape index (κ2) is 6.03. The van der Waals surface area contributed by atoms with Crippen LogP contribution < -0.4 is 5.32 Å². The van der Waals surface area contributed by atoms with Crippen molar-refractivity contribution in [3.05, 3.63) is 29.8 Å². The van der Waals surface area contributed by atoms with Gasteiger partial charge in [0.15, 0.2) is 0 Å². The molecule has 1 rings (SSSR count). The Labute approximate surface area is 88.9 Å². The smallest absolute Gasteiger partial charge is 0.251 e. The van der Waals surface area contributed by atoms with E-state index in [1.54, 1.807) is 12.1 Å². The Kier molecular flexibility index (Phi) is 4.63. The van der Waals surface area contributed by atoms with Gasteiger partial charge in [0.2, 0.25) is 0 Å². The van der Waals surface area contributed by atoms with Crippen molar-refractivity contribution in [1.82, 2.24) is 5.32 Å². The summed E-state index contributed by atoms with van der Waals surface area (Å²) in [5.74, 6) is -0.00410. The molecule has 0 saturated carbocycles. The number of aromatic hydroxyl groups is 1. The molecule has 0 aliphatic carbocycles. The Morgan fingerprint density at radius 2 is 2.07 bits per heavy atom. The highest BCUT2D eigenvalue weighted by molar-refractivity contribution is 5.94. The maximum absolute atomic E-state index is 11.5. The van der Waals surface area contributed by atoms with E-state index in [1.165, 1.54) is 12.1 Å². The number of hydrogen-bond acceptors (Lipinski definition) is 3. The van der Waals surface area contributed by atoms with E-state index in [0.29, 0.717) is 25.3 Å². The van der Waals surface area contributed by atoms with Gasteiger partial charge < -0.3 is 15.2 Å². The van der Waals surface area contributed by atoms with Gasteiger partial charge in [0.05, 0.1) is 6.61 Å². The minimum Gasteiger partial charge on any atom is -0.508 e. The predicted octanol–water partition coefficient (Wildman–Crippen LogP) is 1.16. The van der Waals surface area contributed by atoms with E-state index < -0.39 is 0 Å². The van der Waals surface area contributed by atoms with Crippen LogP contribution in [0.15, 0.2) is 24.3 Å². The molecule has 0 unspecified atom stereocenters. The summed E-state index contributed by atoms with van der Waals surface area (Å²) in [5, 5.41) is 11.7. The highest BCUT2D eigenvalue weighted by atomic mass is 16.5. The normalized spacial score (nSPS) is 9.93. The first-order valence-corrected chi connectivity index (χ1v) is 4.89. The molecule has 0 bridgehead atoms. The monoisotopic (exact) mass is 209 g/mol. The van der Waals surface area contributed by atoms with Crippen LogP contribution in [0.5, 0.6) is 5.75 Å². The molecule has 1 amide bonds. The molecule has 0 radical (unpaired) electrons. The molecule has 1 aromatic rings. The van der Waals surface area contributed by atoms with Crippen LogP contribution in [0, 0.1) is 0 Å². The van der Waals surface area contributed by atoms with E-state index in [2.05, 4.69) is 5.32 Å². The van der Waals surface area contributed by atoms with Crippen LogP contribution in [-0.2, 0) is 4.74 Å². The van der Waals surface area contributed by atoms with E-state index in [0.717, 1.165) is 0 Å². The second-order valence-electron chi connectivity index (χ2n) is 3.00. The van der Waals surface area contributed by atoms with Crippen LogP contribution >= 0.6 is 0 Å². The minimum absolute atomic E-state index is 0.154. The quantitative estimate of drug-likeness (QED) is 0.715. The Morgan fingerprint density at radius 1 is 1.40 bits per heavy atom. The lowest BCUT2D eigenvalue weighted by Gasteiger charge is -2.05. The molecule has 0 fully saturated rings. The molecule has 1 aromatic carbocycles. The first-order valence-electron chi connectivity index (χ1n) is 4.89. The summed E-state index contributed by atoms with van der Waals surface area (Å²) in [6, 6.07) is 6.12. The van der Waals surface area contributed by atoms with Gasteiger partial charge in [-0.25, -0.2) is 0 Å². The third-order valence-corrected chi connectivity index (χ3v) is 1.87. The van der Waals surface area contributed by atoms with Crippen molar-refractivity contribution in [2.45, 2.75) is 6.92 Å². The molecule has 0 saturated heterocycles. The summed E-state index contributed by atoms with van der Waals surface area (Å²) < 4.78 is 5.08. The highest BCUT2D eigenvalue weighted by Crippen LogP contribution is 2.09. The van der Waals surface area contributed by atoms with Crippen molar-refractivity contribution in [2.24, 2.45) is 0 Å². The molecular weight excluding hydrogens is 194 g/mol. The van der Waals surface area contributed by atoms with Gasteiger partial charge in [-0.2, -0.15) is 0 Å². The fourth-order valence-corrected chi connectivity index (χ4v) is 1.10. The number of rotatable bonds is 5. The van der Waals surface area contributed by atoms with Crippen LogP contribution in [-0.4, -0.2) is 30.8 Å². The van der Waals surface area contributed by atoms with Crippen molar-refractivity contribution in [3.8, 4) is 5.75 Å². The number of benzene rings is 1. The summed E-state index contributed by atoms with van der Waals surface area (Å²) >= 11 is 0. The van der Waals surface area contributed by atoms with Crippen LogP contribution in [0.25, 0.3) is 0 Å². The van der Waals surface area contributed by atoms with E-state index in [9.17, 15) is 4.79 Å². The zero-order valence-corrected chi connectivity index (χ0v) is 8.69. The van der Waals surface area contributed by atoms with Crippen molar-refractivity contribution in [3.63, 3.8) is 0 Å². The summed E-state index contributed by atoms with van der Waals surface area (Å²) in [5.41, 5.74) is 0.532. The van der Waals surface area contributed by atoms with E-state index in [1.807, 2.05) is 6.92 Å². The molecular formula is C11H15NO3. The number of amides is 1. The van der Waals surface area contributed by atoms with Gasteiger partial charge in [0, 0.05) is 18.7 Å². The van der Waals surface area contributed by atoms with Crippen molar-refractivity contribution in [2.75, 3.05) is 19.8 Å². The Hall–Kier alpha value is -1.55. The first-order chi connectivity index (χ1) is 7.24. The molecule has 0 aromatic heterocycles. The molecule has 0 heterocycles. The minimum atomic E-state index is -0.158. The molecule has 0 spiro atoms. The Morgan fingerprint density at radius 3 is 2.67 bits per heavy atom. The van der Waals surface area contributed by atoms with Crippen molar-refractivity contribution >= 4 is 5.91 Å². The SMILES string of the molecule is CCOCCNC(=O)c1ccc(O)cc1. The third kappa shape index (κ3) is 3.99. The molecule has 4 heteroatoms. The third-order valence-electron chi connectivity index (χ3n) is 1.87. The van der Waals surface area contributed by atoms with Gasteiger partial charge in [-0.3, -0.25) is 4.79 Å². The number of carbonyl (C=O) groups excluding carboxylic acids is 1. The lowest BCUT2D eigenvalue weighted by atomic mass is 10.2. The van der Waals surface area contributed by atoms with Gasteiger partial charge in [-0.1, -0.05) is 0 Å².